The number of nitrogens with two attached hydrogens (primary N) is 1. The molecule has 3 N–H and O–H groups in total. The largest absolute Gasteiger partial charge is 0.376 e. The van der Waals surface area contributed by atoms with E-state index in [2.05, 4.69) is 33.3 Å². The Morgan fingerprint density at radius 1 is 1.57 bits per heavy atom. The van der Waals surface area contributed by atoms with E-state index in [0.717, 1.165) is 18.5 Å². The molecule has 1 aliphatic carbocycles. The summed E-state index contributed by atoms with van der Waals surface area (Å²) < 4.78 is 2.02. The molecule has 0 radical (unpaired) electrons. The highest BCUT2D eigenvalue weighted by molar-refractivity contribution is 9.10. The molecular formula is C15H25BrN4O. The molecule has 2 rings (SSSR count). The van der Waals surface area contributed by atoms with Gasteiger partial charge in [0.05, 0.1) is 23.5 Å². The summed E-state index contributed by atoms with van der Waals surface area (Å²) in [6.07, 6.45) is 6.34. The molecule has 0 aliphatic heterocycles. The second-order valence-electron chi connectivity index (χ2n) is 6.35. The van der Waals surface area contributed by atoms with Crippen molar-refractivity contribution in [2.75, 3.05) is 11.9 Å². The summed E-state index contributed by atoms with van der Waals surface area (Å²) >= 11 is 3.42. The fourth-order valence-electron chi connectivity index (χ4n) is 3.12. The van der Waals surface area contributed by atoms with E-state index >= 15 is 0 Å². The minimum absolute atomic E-state index is 0.0416. The van der Waals surface area contributed by atoms with Crippen molar-refractivity contribution in [1.82, 2.24) is 9.78 Å². The monoisotopic (exact) mass is 356 g/mol. The topological polar surface area (TPSA) is 72.9 Å². The van der Waals surface area contributed by atoms with E-state index in [1.165, 1.54) is 17.5 Å². The first-order valence-electron chi connectivity index (χ1n) is 7.67. The highest BCUT2D eigenvalue weighted by Crippen LogP contribution is 2.36. The van der Waals surface area contributed by atoms with Crippen LogP contribution in [0.5, 0.6) is 0 Å². The van der Waals surface area contributed by atoms with Crippen LogP contribution in [0.4, 0.5) is 5.69 Å². The fourth-order valence-corrected chi connectivity index (χ4v) is 3.50. The van der Waals surface area contributed by atoms with Gasteiger partial charge in [0, 0.05) is 6.54 Å². The van der Waals surface area contributed by atoms with Crippen molar-refractivity contribution in [3.8, 4) is 0 Å². The molecule has 21 heavy (non-hydrogen) atoms. The molecule has 2 atom stereocenters. The third kappa shape index (κ3) is 3.16. The molecular weight excluding hydrogens is 332 g/mol. The van der Waals surface area contributed by atoms with Crippen molar-refractivity contribution in [3.05, 3.63) is 21.0 Å². The zero-order chi connectivity index (χ0) is 15.6. The van der Waals surface area contributed by atoms with Crippen molar-refractivity contribution in [1.29, 1.82) is 0 Å². The molecule has 1 heterocycles. The lowest BCUT2D eigenvalue weighted by Gasteiger charge is -2.43. The molecule has 1 aromatic heterocycles. The van der Waals surface area contributed by atoms with Crippen LogP contribution in [0, 0.1) is 5.92 Å². The Balaban J connectivity index is 2.34. The van der Waals surface area contributed by atoms with Gasteiger partial charge in [-0.1, -0.05) is 19.8 Å². The van der Waals surface area contributed by atoms with Crippen LogP contribution in [0.25, 0.3) is 0 Å². The maximum absolute atomic E-state index is 12.3. The van der Waals surface area contributed by atoms with E-state index in [0.29, 0.717) is 16.9 Å². The van der Waals surface area contributed by atoms with Gasteiger partial charge in [-0.3, -0.25) is 4.79 Å². The third-order valence-electron chi connectivity index (χ3n) is 4.63. The van der Waals surface area contributed by atoms with Crippen molar-refractivity contribution >= 4 is 21.6 Å². The van der Waals surface area contributed by atoms with Gasteiger partial charge >= 0.3 is 0 Å². The highest BCUT2D eigenvalue weighted by Gasteiger charge is 2.37. The van der Waals surface area contributed by atoms with Crippen molar-refractivity contribution in [3.63, 3.8) is 0 Å². The Bertz CT molecular complexity index is 557. The van der Waals surface area contributed by atoms with Crippen LogP contribution >= 0.6 is 15.9 Å². The number of halogens is 1. The lowest BCUT2D eigenvalue weighted by molar-refractivity contribution is 0.235. The molecule has 118 valence electrons. The van der Waals surface area contributed by atoms with Crippen LogP contribution in [-0.2, 0) is 0 Å². The molecule has 6 heteroatoms. The summed E-state index contributed by atoms with van der Waals surface area (Å²) in [6, 6.07) is 0.0416. The van der Waals surface area contributed by atoms with Gasteiger partial charge in [-0.15, -0.1) is 0 Å². The molecule has 0 amide bonds. The SMILES string of the molecule is CC(C)n1ncc(NC2(CN)CCCCC2C)c(Br)c1=O. The summed E-state index contributed by atoms with van der Waals surface area (Å²) in [4.78, 5) is 12.3. The zero-order valence-electron chi connectivity index (χ0n) is 13.0. The quantitative estimate of drug-likeness (QED) is 0.869. The Morgan fingerprint density at radius 3 is 2.86 bits per heavy atom. The molecule has 0 saturated heterocycles. The van der Waals surface area contributed by atoms with E-state index < -0.39 is 0 Å². The Labute approximate surface area is 134 Å². The Hall–Kier alpha value is -0.880. The van der Waals surface area contributed by atoms with Gasteiger partial charge in [0.1, 0.15) is 4.47 Å². The molecule has 1 aliphatic rings. The maximum Gasteiger partial charge on any atom is 0.283 e. The zero-order valence-corrected chi connectivity index (χ0v) is 14.6. The normalized spacial score (nSPS) is 26.1. The van der Waals surface area contributed by atoms with Crippen LogP contribution in [0.3, 0.4) is 0 Å². The van der Waals surface area contributed by atoms with E-state index in [1.807, 2.05) is 13.8 Å². The second kappa shape index (κ2) is 6.48. The lowest BCUT2D eigenvalue weighted by atomic mass is 9.73. The number of nitrogens with one attached hydrogen (secondary N) is 1. The molecule has 2 unspecified atom stereocenters. The smallest absolute Gasteiger partial charge is 0.283 e. The van der Waals surface area contributed by atoms with Crippen molar-refractivity contribution < 1.29 is 0 Å². The molecule has 0 bridgehead atoms. The summed E-state index contributed by atoms with van der Waals surface area (Å²) in [7, 11) is 0. The van der Waals surface area contributed by atoms with Crippen molar-refractivity contribution in [2.24, 2.45) is 11.7 Å². The standard InChI is InChI=1S/C15H25BrN4O/c1-10(2)20-14(21)13(16)12(8-18-20)19-15(9-17)7-5-4-6-11(15)3/h8,10-11,19H,4-7,9,17H2,1-3H3. The first kappa shape index (κ1) is 16.5. The van der Waals surface area contributed by atoms with Gasteiger partial charge in [0.25, 0.3) is 5.56 Å². The van der Waals surface area contributed by atoms with Crippen LogP contribution in [0.1, 0.15) is 52.5 Å². The molecule has 1 fully saturated rings. The highest BCUT2D eigenvalue weighted by atomic mass is 79.9. The predicted molar refractivity (Wildman–Crippen MR) is 89.6 cm³/mol. The minimum atomic E-state index is -0.140. The van der Waals surface area contributed by atoms with Crippen LogP contribution in [-0.4, -0.2) is 21.9 Å². The average molecular weight is 357 g/mol. The van der Waals surface area contributed by atoms with Gasteiger partial charge in [-0.25, -0.2) is 4.68 Å². The van der Waals surface area contributed by atoms with Gasteiger partial charge in [-0.2, -0.15) is 5.10 Å². The lowest BCUT2D eigenvalue weighted by Crippen LogP contribution is -2.52. The summed E-state index contributed by atoms with van der Waals surface area (Å²) in [5.74, 6) is 0.482. The summed E-state index contributed by atoms with van der Waals surface area (Å²) in [5.41, 5.74) is 6.56. The summed E-state index contributed by atoms with van der Waals surface area (Å²) in [6.45, 7) is 6.68. The number of rotatable bonds is 4. The minimum Gasteiger partial charge on any atom is -0.376 e. The molecule has 0 spiro atoms. The van der Waals surface area contributed by atoms with E-state index in [1.54, 1.807) is 6.20 Å². The first-order chi connectivity index (χ1) is 9.91. The fraction of sp³-hybridized carbons (Fsp3) is 0.733. The van der Waals surface area contributed by atoms with Crippen LogP contribution in [0.15, 0.2) is 15.5 Å². The van der Waals surface area contributed by atoms with Crippen LogP contribution < -0.4 is 16.6 Å². The van der Waals surface area contributed by atoms with E-state index in [4.69, 9.17) is 5.73 Å². The van der Waals surface area contributed by atoms with Gasteiger partial charge in [-0.05, 0) is 48.5 Å². The first-order valence-corrected chi connectivity index (χ1v) is 8.46. The number of anilines is 1. The number of hydrogen-bond acceptors (Lipinski definition) is 4. The Morgan fingerprint density at radius 2 is 2.29 bits per heavy atom. The third-order valence-corrected chi connectivity index (χ3v) is 5.40. The molecule has 1 aromatic rings. The van der Waals surface area contributed by atoms with Gasteiger partial charge in [0.15, 0.2) is 0 Å². The number of hydrogen-bond donors (Lipinski definition) is 2. The van der Waals surface area contributed by atoms with Gasteiger partial charge < -0.3 is 11.1 Å². The molecule has 5 nitrogen and oxygen atoms in total. The maximum atomic E-state index is 12.3. The average Bonchev–Trinajstić information content (AvgIpc) is 2.46. The molecule has 0 aromatic carbocycles. The van der Waals surface area contributed by atoms with Crippen molar-refractivity contribution in [2.45, 2.75) is 58.0 Å². The Kier molecular flexibility index (Phi) is 5.09. The van der Waals surface area contributed by atoms with Gasteiger partial charge in [0.2, 0.25) is 0 Å². The number of nitrogens with zero attached hydrogens (tertiary/aromatic N) is 2. The van der Waals surface area contributed by atoms with E-state index in [-0.39, 0.29) is 17.1 Å². The predicted octanol–water partition coefficient (Wildman–Crippen LogP) is 2.91. The second-order valence-corrected chi connectivity index (χ2v) is 7.14. The van der Waals surface area contributed by atoms with Crippen LogP contribution in [0.2, 0.25) is 0 Å². The van der Waals surface area contributed by atoms with E-state index in [9.17, 15) is 4.79 Å². The number of aromatic nitrogens is 2. The summed E-state index contributed by atoms with van der Waals surface area (Å²) in [5, 5.41) is 7.79. The molecule has 1 saturated carbocycles.